The number of fused-ring (bicyclic) bond motifs is 3. The molecule has 0 saturated carbocycles. The molecule has 0 bridgehead atoms. The monoisotopic (exact) mass is 551 g/mol. The molecule has 1 aromatic heterocycles. The van der Waals surface area contributed by atoms with Crippen LogP contribution >= 0.6 is 12.2 Å². The lowest BCUT2D eigenvalue weighted by Gasteiger charge is -2.18. The van der Waals surface area contributed by atoms with Crippen LogP contribution in [-0.2, 0) is 13.7 Å². The van der Waals surface area contributed by atoms with E-state index < -0.39 is 6.36 Å². The van der Waals surface area contributed by atoms with Gasteiger partial charge in [-0.05, 0) is 79.2 Å². The first kappa shape index (κ1) is 26.2. The average Bonchev–Trinajstić information content (AvgIpc) is 3.22. The van der Waals surface area contributed by atoms with Gasteiger partial charge in [-0.3, -0.25) is 10.1 Å². The number of hydrogen-bond acceptors (Lipinski definition) is 5. The summed E-state index contributed by atoms with van der Waals surface area (Å²) in [6.45, 7) is 4.27. The van der Waals surface area contributed by atoms with Crippen LogP contribution in [0.4, 0.5) is 18.9 Å². The van der Waals surface area contributed by atoms with E-state index in [2.05, 4.69) is 25.7 Å². The van der Waals surface area contributed by atoms with Gasteiger partial charge in [-0.1, -0.05) is 24.3 Å². The van der Waals surface area contributed by atoms with Crippen LogP contribution in [0.3, 0.4) is 0 Å². The number of hydrazone groups is 1. The molecular weight excluding hydrogens is 527 g/mol. The Labute approximate surface area is 228 Å². The summed E-state index contributed by atoms with van der Waals surface area (Å²) >= 11 is 5.37. The van der Waals surface area contributed by atoms with Crippen molar-refractivity contribution in [1.29, 1.82) is 0 Å². The number of nitrogens with one attached hydrogen (secondary N) is 2. The van der Waals surface area contributed by atoms with Gasteiger partial charge < -0.3 is 14.8 Å². The fourth-order valence-corrected chi connectivity index (χ4v) is 4.65. The molecule has 1 aliphatic heterocycles. The summed E-state index contributed by atoms with van der Waals surface area (Å²) in [6, 6.07) is 17.4. The number of rotatable bonds is 5. The van der Waals surface area contributed by atoms with Crippen molar-refractivity contribution in [2.45, 2.75) is 26.8 Å². The quantitative estimate of drug-likeness (QED) is 0.168. The Bertz CT molecular complexity index is 1560. The molecule has 0 unspecified atom stereocenters. The lowest BCUT2D eigenvalue weighted by atomic mass is 9.98. The summed E-state index contributed by atoms with van der Waals surface area (Å²) < 4.78 is 49.3. The van der Waals surface area contributed by atoms with Gasteiger partial charge in [-0.15, -0.1) is 13.2 Å². The van der Waals surface area contributed by atoms with Gasteiger partial charge in [0.05, 0.1) is 11.9 Å². The summed E-state index contributed by atoms with van der Waals surface area (Å²) in [7, 11) is 1.79. The van der Waals surface area contributed by atoms with Gasteiger partial charge in [0.2, 0.25) is 0 Å². The maximum Gasteiger partial charge on any atom is 0.573 e. The van der Waals surface area contributed by atoms with Gasteiger partial charge in [-0.2, -0.15) is 10.2 Å². The van der Waals surface area contributed by atoms with E-state index in [-0.39, 0.29) is 12.4 Å². The third kappa shape index (κ3) is 5.73. The van der Waals surface area contributed by atoms with E-state index in [9.17, 15) is 13.2 Å². The predicted molar refractivity (Wildman–Crippen MR) is 148 cm³/mol. The topological polar surface area (TPSA) is 72.7 Å². The first-order valence-electron chi connectivity index (χ1n) is 11.9. The maximum atomic E-state index is 12.5. The number of hydrogen-bond donors (Lipinski definition) is 2. The molecular formula is C28H24F3N5O2S. The van der Waals surface area contributed by atoms with Gasteiger partial charge in [-0.25, -0.2) is 0 Å². The van der Waals surface area contributed by atoms with Crippen LogP contribution in [0.5, 0.6) is 11.5 Å². The molecule has 7 nitrogen and oxygen atoms in total. The highest BCUT2D eigenvalue weighted by molar-refractivity contribution is 7.80. The lowest BCUT2D eigenvalue weighted by Crippen LogP contribution is -2.24. The predicted octanol–water partition coefficient (Wildman–Crippen LogP) is 6.48. The average molecular weight is 552 g/mol. The summed E-state index contributed by atoms with van der Waals surface area (Å²) in [5.74, 6) is 0.371. The molecule has 0 saturated heterocycles. The molecule has 5 rings (SSSR count). The Kier molecular flexibility index (Phi) is 7.00. The van der Waals surface area contributed by atoms with Crippen molar-refractivity contribution >= 4 is 29.2 Å². The second kappa shape index (κ2) is 10.4. The molecule has 2 heterocycles. The second-order valence-corrected chi connectivity index (χ2v) is 9.42. The number of alkyl halides is 3. The summed E-state index contributed by atoms with van der Waals surface area (Å²) in [5, 5.41) is 12.5. The number of para-hydroxylation sites is 1. The fourth-order valence-electron chi connectivity index (χ4n) is 4.50. The van der Waals surface area contributed by atoms with Crippen LogP contribution in [0.2, 0.25) is 0 Å². The van der Waals surface area contributed by atoms with E-state index in [4.69, 9.17) is 17.0 Å². The van der Waals surface area contributed by atoms with Crippen molar-refractivity contribution in [3.05, 3.63) is 82.9 Å². The van der Waals surface area contributed by atoms with Crippen molar-refractivity contribution < 1.29 is 22.6 Å². The zero-order chi connectivity index (χ0) is 27.7. The first-order chi connectivity index (χ1) is 18.6. The number of anilines is 1. The van der Waals surface area contributed by atoms with E-state index in [1.54, 1.807) is 30.1 Å². The maximum absolute atomic E-state index is 12.5. The summed E-state index contributed by atoms with van der Waals surface area (Å²) in [5.41, 5.74) is 10.6. The largest absolute Gasteiger partial charge is 0.573 e. The Hall–Kier alpha value is -4.38. The van der Waals surface area contributed by atoms with Crippen molar-refractivity contribution in [1.82, 2.24) is 15.2 Å². The SMILES string of the molecule is Cc1cccc(C)c1NC(=S)NN=Cc1ccc2c(c1)OCc1c-2nn(C)c1-c1ccc(OC(F)(F)F)cc1. The number of thiocarbonyl (C=S) groups is 1. The van der Waals surface area contributed by atoms with Crippen molar-refractivity contribution in [3.8, 4) is 34.0 Å². The number of nitrogens with zero attached hydrogens (tertiary/aromatic N) is 3. The van der Waals surface area contributed by atoms with Crippen LogP contribution in [0.1, 0.15) is 22.3 Å². The van der Waals surface area contributed by atoms with Gasteiger partial charge in [0.1, 0.15) is 23.8 Å². The first-order valence-corrected chi connectivity index (χ1v) is 12.4. The van der Waals surface area contributed by atoms with Crippen molar-refractivity contribution in [2.75, 3.05) is 5.32 Å². The number of aromatic nitrogens is 2. The van der Waals surface area contributed by atoms with E-state index in [1.807, 2.05) is 50.2 Å². The minimum atomic E-state index is -4.74. The molecule has 0 aliphatic carbocycles. The molecule has 0 amide bonds. The third-order valence-corrected chi connectivity index (χ3v) is 6.43. The Morgan fingerprint density at radius 3 is 2.51 bits per heavy atom. The van der Waals surface area contributed by atoms with Crippen LogP contribution in [0, 0.1) is 13.8 Å². The highest BCUT2D eigenvalue weighted by Crippen LogP contribution is 2.41. The zero-order valence-electron chi connectivity index (χ0n) is 21.3. The molecule has 2 N–H and O–H groups in total. The Morgan fingerprint density at radius 2 is 1.82 bits per heavy atom. The van der Waals surface area contributed by atoms with Crippen molar-refractivity contribution in [3.63, 3.8) is 0 Å². The van der Waals surface area contributed by atoms with Gasteiger partial charge >= 0.3 is 6.36 Å². The molecule has 11 heteroatoms. The summed E-state index contributed by atoms with van der Waals surface area (Å²) in [6.07, 6.45) is -3.10. The molecule has 3 aromatic carbocycles. The second-order valence-electron chi connectivity index (χ2n) is 9.01. The smallest absolute Gasteiger partial charge is 0.488 e. The normalized spacial score (nSPS) is 12.5. The van der Waals surface area contributed by atoms with E-state index in [0.717, 1.165) is 44.9 Å². The number of benzene rings is 3. The Morgan fingerprint density at radius 1 is 1.10 bits per heavy atom. The minimum Gasteiger partial charge on any atom is -0.488 e. The van der Waals surface area contributed by atoms with Crippen LogP contribution in [0.15, 0.2) is 65.8 Å². The number of ether oxygens (including phenoxy) is 2. The molecule has 200 valence electrons. The number of aryl methyl sites for hydroxylation is 3. The highest BCUT2D eigenvalue weighted by atomic mass is 32.1. The molecule has 4 aromatic rings. The van der Waals surface area contributed by atoms with Gasteiger partial charge in [0, 0.05) is 29.4 Å². The Balaban J connectivity index is 1.31. The van der Waals surface area contributed by atoms with E-state index in [1.165, 1.54) is 12.1 Å². The lowest BCUT2D eigenvalue weighted by molar-refractivity contribution is -0.274. The van der Waals surface area contributed by atoms with Gasteiger partial charge in [0.25, 0.3) is 0 Å². The molecule has 39 heavy (non-hydrogen) atoms. The highest BCUT2D eigenvalue weighted by Gasteiger charge is 2.31. The molecule has 0 spiro atoms. The molecule has 0 fully saturated rings. The standard InChI is InChI=1S/C28H24F3N5O2S/c1-16-5-4-6-17(2)24(16)33-27(39)34-32-14-18-7-12-21-23(13-18)37-15-22-25(21)35-36(3)26(22)19-8-10-20(11-9-19)38-28(29,30)31/h4-14H,15H2,1-3H3,(H2,33,34,39). The van der Waals surface area contributed by atoms with Crippen molar-refractivity contribution in [2.24, 2.45) is 12.1 Å². The minimum absolute atomic E-state index is 0.259. The number of halogens is 3. The van der Waals surface area contributed by atoms with E-state index >= 15 is 0 Å². The fraction of sp³-hybridized carbons (Fsp3) is 0.179. The summed E-state index contributed by atoms with van der Waals surface area (Å²) in [4.78, 5) is 0. The molecule has 1 aliphatic rings. The van der Waals surface area contributed by atoms with Crippen LogP contribution in [0.25, 0.3) is 22.5 Å². The van der Waals surface area contributed by atoms with E-state index in [0.29, 0.717) is 16.4 Å². The zero-order valence-corrected chi connectivity index (χ0v) is 22.1. The third-order valence-electron chi connectivity index (χ3n) is 6.24. The van der Waals surface area contributed by atoms with Gasteiger partial charge in [0.15, 0.2) is 5.11 Å². The molecule has 0 radical (unpaired) electrons. The van der Waals surface area contributed by atoms with Crippen LogP contribution < -0.4 is 20.2 Å². The van der Waals surface area contributed by atoms with Crippen LogP contribution in [-0.4, -0.2) is 27.5 Å². The molecule has 0 atom stereocenters.